The predicted octanol–water partition coefficient (Wildman–Crippen LogP) is 4.47. The molecule has 0 bridgehead atoms. The molecule has 0 aliphatic carbocycles. The van der Waals surface area contributed by atoms with Gasteiger partial charge in [0.05, 0.1) is 15.9 Å². The molecule has 0 amide bonds. The lowest BCUT2D eigenvalue weighted by atomic mass is 10.2. The highest BCUT2D eigenvalue weighted by Crippen LogP contribution is 2.31. The van der Waals surface area contributed by atoms with Crippen LogP contribution in [0, 0.1) is 0 Å². The molecule has 3 aromatic rings. The molecule has 0 unspecified atom stereocenters. The Kier molecular flexibility index (Phi) is 3.34. The van der Waals surface area contributed by atoms with Gasteiger partial charge in [0, 0.05) is 6.20 Å². The number of halogens is 1. The maximum Gasteiger partial charge on any atom is 0.132 e. The van der Waals surface area contributed by atoms with Crippen molar-refractivity contribution in [2.45, 2.75) is 6.61 Å². The topological polar surface area (TPSA) is 22.1 Å². The molecule has 0 N–H and O–H groups in total. The quantitative estimate of drug-likeness (QED) is 0.700. The Hall–Kier alpha value is -2.06. The van der Waals surface area contributed by atoms with Crippen LogP contribution >= 0.6 is 11.6 Å². The highest BCUT2D eigenvalue weighted by atomic mass is 35.5. The monoisotopic (exact) mass is 269 g/mol. The molecule has 0 spiro atoms. The van der Waals surface area contributed by atoms with Gasteiger partial charge in [-0.2, -0.15) is 0 Å². The van der Waals surface area contributed by atoms with Crippen LogP contribution < -0.4 is 4.74 Å². The van der Waals surface area contributed by atoms with E-state index in [2.05, 4.69) is 4.98 Å². The maximum absolute atomic E-state index is 6.22. The molecule has 19 heavy (non-hydrogen) atoms. The predicted molar refractivity (Wildman–Crippen MR) is 77.5 cm³/mol. The van der Waals surface area contributed by atoms with Crippen molar-refractivity contribution in [3.05, 3.63) is 71.4 Å². The molecule has 1 aromatic heterocycles. The van der Waals surface area contributed by atoms with Crippen molar-refractivity contribution >= 4 is 22.5 Å². The highest BCUT2D eigenvalue weighted by Gasteiger charge is 2.07. The number of hydrogen-bond donors (Lipinski definition) is 0. The molecule has 94 valence electrons. The first-order valence-corrected chi connectivity index (χ1v) is 6.42. The van der Waals surface area contributed by atoms with Gasteiger partial charge in [-0.25, -0.2) is 0 Å². The molecular formula is C16H12ClNO. The number of rotatable bonds is 3. The zero-order valence-corrected chi connectivity index (χ0v) is 11.0. The summed E-state index contributed by atoms with van der Waals surface area (Å²) in [5.74, 6) is 0.763. The van der Waals surface area contributed by atoms with Gasteiger partial charge in [-0.15, -0.1) is 0 Å². The van der Waals surface area contributed by atoms with Gasteiger partial charge in [-0.05, 0) is 23.8 Å². The molecule has 3 rings (SSSR count). The van der Waals surface area contributed by atoms with Crippen molar-refractivity contribution in [1.29, 1.82) is 0 Å². The molecule has 0 saturated carbocycles. The van der Waals surface area contributed by atoms with E-state index in [1.54, 1.807) is 6.20 Å². The summed E-state index contributed by atoms with van der Waals surface area (Å²) in [7, 11) is 0. The molecule has 0 fully saturated rings. The number of pyridine rings is 1. The van der Waals surface area contributed by atoms with Gasteiger partial charge in [-0.1, -0.05) is 48.0 Å². The molecule has 0 atom stereocenters. The molecule has 0 radical (unpaired) electrons. The van der Waals surface area contributed by atoms with E-state index in [0.29, 0.717) is 11.6 Å². The second kappa shape index (κ2) is 5.29. The van der Waals surface area contributed by atoms with Gasteiger partial charge in [-0.3, -0.25) is 4.98 Å². The summed E-state index contributed by atoms with van der Waals surface area (Å²) in [5, 5.41) is 1.52. The lowest BCUT2D eigenvalue weighted by Gasteiger charge is -2.10. The normalized spacial score (nSPS) is 10.6. The lowest BCUT2D eigenvalue weighted by molar-refractivity contribution is 0.310. The van der Waals surface area contributed by atoms with E-state index in [1.165, 1.54) is 0 Å². The Labute approximate surface area is 116 Å². The smallest absolute Gasteiger partial charge is 0.132 e. The van der Waals surface area contributed by atoms with Crippen molar-refractivity contribution in [2.24, 2.45) is 0 Å². The van der Waals surface area contributed by atoms with Gasteiger partial charge in [0.15, 0.2) is 0 Å². The van der Waals surface area contributed by atoms with Crippen molar-refractivity contribution < 1.29 is 4.74 Å². The molecule has 2 nitrogen and oxygen atoms in total. The molecule has 0 aliphatic heterocycles. The fourth-order valence-corrected chi connectivity index (χ4v) is 2.25. The largest absolute Gasteiger partial charge is 0.488 e. The van der Waals surface area contributed by atoms with Crippen LogP contribution in [0.25, 0.3) is 10.9 Å². The van der Waals surface area contributed by atoms with Crippen molar-refractivity contribution in [1.82, 2.24) is 4.98 Å². The average Bonchev–Trinajstić information content (AvgIpc) is 2.46. The second-order valence-electron chi connectivity index (χ2n) is 4.22. The Morgan fingerprint density at radius 1 is 0.947 bits per heavy atom. The van der Waals surface area contributed by atoms with Crippen LogP contribution in [-0.2, 0) is 6.61 Å². The minimum Gasteiger partial charge on any atom is -0.488 e. The molecule has 1 heterocycles. The summed E-state index contributed by atoms with van der Waals surface area (Å²) in [5.41, 5.74) is 1.97. The van der Waals surface area contributed by atoms with Gasteiger partial charge >= 0.3 is 0 Å². The van der Waals surface area contributed by atoms with Crippen molar-refractivity contribution in [2.75, 3.05) is 0 Å². The Morgan fingerprint density at radius 2 is 1.79 bits per heavy atom. The molecule has 3 heteroatoms. The van der Waals surface area contributed by atoms with E-state index < -0.39 is 0 Å². The van der Waals surface area contributed by atoms with Crippen molar-refractivity contribution in [3.63, 3.8) is 0 Å². The SMILES string of the molecule is Clc1cccc2nccc(OCc3ccccc3)c12. The number of ether oxygens (including phenoxy) is 1. The summed E-state index contributed by atoms with van der Waals surface area (Å²) < 4.78 is 5.86. The summed E-state index contributed by atoms with van der Waals surface area (Å²) >= 11 is 6.22. The molecule has 0 aliphatic rings. The van der Waals surface area contributed by atoms with Gasteiger partial charge in [0.25, 0.3) is 0 Å². The Bertz CT molecular complexity index is 692. The third-order valence-corrected chi connectivity index (χ3v) is 3.23. The Balaban J connectivity index is 1.93. The number of hydrogen-bond acceptors (Lipinski definition) is 2. The third-order valence-electron chi connectivity index (χ3n) is 2.91. The van der Waals surface area contributed by atoms with Gasteiger partial charge in [0.2, 0.25) is 0 Å². The van der Waals surface area contributed by atoms with Crippen LogP contribution in [0.4, 0.5) is 0 Å². The lowest BCUT2D eigenvalue weighted by Crippen LogP contribution is -1.96. The zero-order chi connectivity index (χ0) is 13.1. The van der Waals surface area contributed by atoms with Gasteiger partial charge < -0.3 is 4.74 Å². The van der Waals surface area contributed by atoms with Crippen molar-refractivity contribution in [3.8, 4) is 5.75 Å². The molecule has 2 aromatic carbocycles. The Morgan fingerprint density at radius 3 is 2.63 bits per heavy atom. The van der Waals surface area contributed by atoms with Gasteiger partial charge in [0.1, 0.15) is 12.4 Å². The van der Waals surface area contributed by atoms with Crippen LogP contribution in [0.1, 0.15) is 5.56 Å². The summed E-state index contributed by atoms with van der Waals surface area (Å²) in [4.78, 5) is 4.29. The number of benzene rings is 2. The first kappa shape index (κ1) is 12.0. The second-order valence-corrected chi connectivity index (χ2v) is 4.62. The maximum atomic E-state index is 6.22. The fraction of sp³-hybridized carbons (Fsp3) is 0.0625. The number of aromatic nitrogens is 1. The average molecular weight is 270 g/mol. The highest BCUT2D eigenvalue weighted by molar-refractivity contribution is 6.35. The van der Waals surface area contributed by atoms with Crippen LogP contribution in [0.5, 0.6) is 5.75 Å². The standard InChI is InChI=1S/C16H12ClNO/c17-13-7-4-8-14-16(13)15(9-10-18-14)19-11-12-5-2-1-3-6-12/h1-10H,11H2. The molecular weight excluding hydrogens is 258 g/mol. The van der Waals surface area contributed by atoms with E-state index in [-0.39, 0.29) is 0 Å². The number of nitrogens with zero attached hydrogens (tertiary/aromatic N) is 1. The summed E-state index contributed by atoms with van der Waals surface area (Å²) in [6.45, 7) is 0.519. The third kappa shape index (κ3) is 2.54. The van der Waals surface area contributed by atoms with Crippen LogP contribution in [0.3, 0.4) is 0 Å². The van der Waals surface area contributed by atoms with E-state index in [1.807, 2.05) is 54.6 Å². The van der Waals surface area contributed by atoms with Crippen LogP contribution in [-0.4, -0.2) is 4.98 Å². The minimum absolute atomic E-state index is 0.519. The van der Waals surface area contributed by atoms with E-state index in [9.17, 15) is 0 Å². The van der Waals surface area contributed by atoms with E-state index >= 15 is 0 Å². The summed E-state index contributed by atoms with van der Waals surface area (Å²) in [6, 6.07) is 17.6. The van der Waals surface area contributed by atoms with E-state index in [0.717, 1.165) is 22.2 Å². The van der Waals surface area contributed by atoms with Crippen LogP contribution in [0.15, 0.2) is 60.8 Å². The minimum atomic E-state index is 0.519. The first-order chi connectivity index (χ1) is 9.34. The van der Waals surface area contributed by atoms with Crippen LogP contribution in [0.2, 0.25) is 5.02 Å². The fourth-order valence-electron chi connectivity index (χ4n) is 1.99. The molecule has 0 saturated heterocycles. The number of fused-ring (bicyclic) bond motifs is 1. The summed E-state index contributed by atoms with van der Waals surface area (Å²) in [6.07, 6.45) is 1.74. The van der Waals surface area contributed by atoms with E-state index in [4.69, 9.17) is 16.3 Å². The zero-order valence-electron chi connectivity index (χ0n) is 10.2. The first-order valence-electron chi connectivity index (χ1n) is 6.04.